The fraction of sp³-hybridized carbons (Fsp3) is 0.261. The van der Waals surface area contributed by atoms with Crippen LogP contribution in [-0.2, 0) is 21.2 Å². The second-order valence-electron chi connectivity index (χ2n) is 7.70. The largest absolute Gasteiger partial charge is 0.370 e. The van der Waals surface area contributed by atoms with E-state index in [0.29, 0.717) is 22.1 Å². The van der Waals surface area contributed by atoms with Gasteiger partial charge in [-0.3, -0.25) is 9.52 Å². The van der Waals surface area contributed by atoms with E-state index >= 15 is 0 Å². The van der Waals surface area contributed by atoms with Gasteiger partial charge < -0.3 is 10.2 Å². The molecular weight excluding hydrogens is 466 g/mol. The monoisotopic (exact) mass is 489 g/mol. The first-order valence-electron chi connectivity index (χ1n) is 10.4. The van der Waals surface area contributed by atoms with E-state index < -0.39 is 10.0 Å². The Balaban J connectivity index is 1.63. The lowest BCUT2D eigenvalue weighted by Gasteiger charge is -2.30. The maximum absolute atomic E-state index is 13.4. The number of piperidine rings is 1. The zero-order valence-electron chi connectivity index (χ0n) is 17.4. The third kappa shape index (κ3) is 5.62. The Labute approximate surface area is 197 Å². The number of rotatable bonds is 7. The Morgan fingerprint density at radius 3 is 2.41 bits per heavy atom. The molecule has 0 saturated carbocycles. The third-order valence-corrected chi connectivity index (χ3v) is 7.67. The smallest absolute Gasteiger partial charge is 0.264 e. The first-order chi connectivity index (χ1) is 15.4. The van der Waals surface area contributed by atoms with Crippen molar-refractivity contribution < 1.29 is 13.2 Å². The van der Waals surface area contributed by atoms with Gasteiger partial charge in [0.15, 0.2) is 0 Å². The molecule has 1 amide bonds. The van der Waals surface area contributed by atoms with Gasteiger partial charge in [0.05, 0.1) is 12.1 Å². The Kier molecular flexibility index (Phi) is 7.03. The van der Waals surface area contributed by atoms with Crippen LogP contribution in [0, 0.1) is 0 Å². The topological polar surface area (TPSA) is 78.5 Å². The van der Waals surface area contributed by atoms with Crippen molar-refractivity contribution in [3.05, 3.63) is 69.9 Å². The molecule has 0 spiro atoms. The minimum atomic E-state index is -3.90. The van der Waals surface area contributed by atoms with Crippen molar-refractivity contribution in [2.45, 2.75) is 30.6 Å². The van der Waals surface area contributed by atoms with E-state index in [1.807, 2.05) is 16.8 Å². The van der Waals surface area contributed by atoms with Crippen LogP contribution < -0.4 is 14.9 Å². The Morgan fingerprint density at radius 1 is 1.00 bits per heavy atom. The molecule has 1 fully saturated rings. The van der Waals surface area contributed by atoms with Crippen LogP contribution in [0.2, 0.25) is 5.02 Å². The van der Waals surface area contributed by atoms with E-state index in [9.17, 15) is 13.2 Å². The van der Waals surface area contributed by atoms with Crippen molar-refractivity contribution in [1.29, 1.82) is 0 Å². The van der Waals surface area contributed by atoms with Gasteiger partial charge in [-0.25, -0.2) is 8.42 Å². The summed E-state index contributed by atoms with van der Waals surface area (Å²) >= 11 is 7.45. The minimum Gasteiger partial charge on any atom is -0.370 e. The summed E-state index contributed by atoms with van der Waals surface area (Å²) in [7, 11) is -3.90. The minimum absolute atomic E-state index is 0.141. The summed E-state index contributed by atoms with van der Waals surface area (Å²) in [5.41, 5.74) is 2.44. The Hall–Kier alpha value is -2.55. The van der Waals surface area contributed by atoms with E-state index in [4.69, 9.17) is 11.6 Å². The zero-order valence-corrected chi connectivity index (χ0v) is 19.8. The van der Waals surface area contributed by atoms with Gasteiger partial charge in [-0.15, -0.1) is 0 Å². The number of nitrogens with zero attached hydrogens (tertiary/aromatic N) is 1. The predicted octanol–water partition coefficient (Wildman–Crippen LogP) is 5.37. The number of benzene rings is 2. The van der Waals surface area contributed by atoms with Crippen LogP contribution in [0.4, 0.5) is 17.1 Å². The van der Waals surface area contributed by atoms with Crippen molar-refractivity contribution in [1.82, 2.24) is 0 Å². The van der Waals surface area contributed by atoms with Crippen LogP contribution in [0.15, 0.2) is 64.2 Å². The summed E-state index contributed by atoms with van der Waals surface area (Å²) in [6.45, 7) is 1.60. The normalized spacial score (nSPS) is 14.2. The number of hydrogen-bond donors (Lipinski definition) is 2. The lowest BCUT2D eigenvalue weighted by atomic mass is 10.1. The summed E-state index contributed by atoms with van der Waals surface area (Å²) in [6, 6.07) is 13.5. The van der Waals surface area contributed by atoms with Gasteiger partial charge in [0.2, 0.25) is 5.91 Å². The van der Waals surface area contributed by atoms with Gasteiger partial charge >= 0.3 is 0 Å². The van der Waals surface area contributed by atoms with E-state index in [1.165, 1.54) is 17.4 Å². The molecule has 32 heavy (non-hydrogen) atoms. The Morgan fingerprint density at radius 2 is 1.72 bits per heavy atom. The second-order valence-corrected chi connectivity index (χ2v) is 10.6. The number of thiophene rings is 1. The number of amides is 1. The molecule has 9 heteroatoms. The molecule has 0 unspecified atom stereocenters. The van der Waals surface area contributed by atoms with E-state index in [1.54, 1.807) is 36.4 Å². The maximum atomic E-state index is 13.4. The molecule has 0 aliphatic carbocycles. The standard InChI is InChI=1S/C23H24ClN3O3S2/c24-18-4-6-19(7-5-18)26-32(29,30)22-15-20(25-23(28)14-17-10-13-31-16-17)8-9-21(22)27-11-2-1-3-12-27/h4-10,13,15-16,26H,1-3,11-12,14H2,(H,25,28). The van der Waals surface area contributed by atoms with Crippen LogP contribution in [0.3, 0.4) is 0 Å². The average Bonchev–Trinajstić information content (AvgIpc) is 3.29. The van der Waals surface area contributed by atoms with Crippen molar-refractivity contribution in [3.8, 4) is 0 Å². The van der Waals surface area contributed by atoms with E-state index in [-0.39, 0.29) is 17.2 Å². The molecule has 3 aromatic rings. The molecule has 6 nitrogen and oxygen atoms in total. The van der Waals surface area contributed by atoms with Crippen molar-refractivity contribution in [2.24, 2.45) is 0 Å². The van der Waals surface area contributed by atoms with E-state index in [0.717, 1.165) is 37.9 Å². The fourth-order valence-electron chi connectivity index (χ4n) is 3.72. The highest BCUT2D eigenvalue weighted by atomic mass is 35.5. The molecule has 2 aromatic carbocycles. The third-order valence-electron chi connectivity index (χ3n) is 5.27. The van der Waals surface area contributed by atoms with Gasteiger partial charge in [-0.1, -0.05) is 11.6 Å². The first-order valence-corrected chi connectivity index (χ1v) is 13.2. The second kappa shape index (κ2) is 9.94. The number of carbonyl (C=O) groups excluding carboxylic acids is 1. The highest BCUT2D eigenvalue weighted by molar-refractivity contribution is 7.92. The van der Waals surface area contributed by atoms with Crippen LogP contribution in [0.5, 0.6) is 0 Å². The molecule has 0 radical (unpaired) electrons. The quantitative estimate of drug-likeness (QED) is 0.467. The van der Waals surface area contributed by atoms with Crippen molar-refractivity contribution >= 4 is 55.9 Å². The molecule has 0 bridgehead atoms. The SMILES string of the molecule is O=C(Cc1ccsc1)Nc1ccc(N2CCCCC2)c(S(=O)(=O)Nc2ccc(Cl)cc2)c1. The molecule has 168 valence electrons. The van der Waals surface area contributed by atoms with Crippen LogP contribution in [0.25, 0.3) is 0 Å². The van der Waals surface area contributed by atoms with Gasteiger partial charge in [0.1, 0.15) is 4.90 Å². The molecule has 2 N–H and O–H groups in total. The van der Waals surface area contributed by atoms with Gasteiger partial charge in [-0.2, -0.15) is 11.3 Å². The summed E-state index contributed by atoms with van der Waals surface area (Å²) in [5.74, 6) is -0.192. The number of sulfonamides is 1. The van der Waals surface area contributed by atoms with Gasteiger partial charge in [0.25, 0.3) is 10.0 Å². The molecule has 1 saturated heterocycles. The number of nitrogens with one attached hydrogen (secondary N) is 2. The molecule has 4 rings (SSSR count). The van der Waals surface area contributed by atoms with Crippen molar-refractivity contribution in [3.63, 3.8) is 0 Å². The predicted molar refractivity (Wildman–Crippen MR) is 131 cm³/mol. The summed E-state index contributed by atoms with van der Waals surface area (Å²) in [4.78, 5) is 14.7. The molecule has 0 atom stereocenters. The van der Waals surface area contributed by atoms with Crippen LogP contribution >= 0.6 is 22.9 Å². The number of anilines is 3. The molecule has 2 heterocycles. The molecule has 1 aliphatic heterocycles. The van der Waals surface area contributed by atoms with Crippen molar-refractivity contribution in [2.75, 3.05) is 28.0 Å². The van der Waals surface area contributed by atoms with Crippen LogP contribution in [-0.4, -0.2) is 27.4 Å². The Bertz CT molecular complexity index is 1170. The number of carbonyl (C=O) groups is 1. The molecule has 1 aliphatic rings. The summed E-state index contributed by atoms with van der Waals surface area (Å²) in [5, 5.41) is 7.20. The van der Waals surface area contributed by atoms with Gasteiger partial charge in [-0.05, 0) is 84.1 Å². The number of halogens is 1. The first kappa shape index (κ1) is 22.6. The highest BCUT2D eigenvalue weighted by Gasteiger charge is 2.24. The van der Waals surface area contributed by atoms with E-state index in [2.05, 4.69) is 14.9 Å². The highest BCUT2D eigenvalue weighted by Crippen LogP contribution is 2.32. The number of hydrogen-bond acceptors (Lipinski definition) is 5. The molecular formula is C23H24ClN3O3S2. The average molecular weight is 490 g/mol. The van der Waals surface area contributed by atoms with Crippen LogP contribution in [0.1, 0.15) is 24.8 Å². The summed E-state index contributed by atoms with van der Waals surface area (Å²) < 4.78 is 29.4. The van der Waals surface area contributed by atoms with Gasteiger partial charge in [0, 0.05) is 29.5 Å². The summed E-state index contributed by atoms with van der Waals surface area (Å²) in [6.07, 6.45) is 3.41. The lowest BCUT2D eigenvalue weighted by molar-refractivity contribution is -0.115. The maximum Gasteiger partial charge on any atom is 0.264 e. The lowest BCUT2D eigenvalue weighted by Crippen LogP contribution is -2.31. The molecule has 1 aromatic heterocycles. The zero-order chi connectivity index (χ0) is 22.6. The fourth-order valence-corrected chi connectivity index (χ4v) is 5.82.